The van der Waals surface area contributed by atoms with Gasteiger partial charge in [0.05, 0.1) is 12.6 Å². The van der Waals surface area contributed by atoms with Crippen LogP contribution in [0.1, 0.15) is 46.2 Å². The number of nitrogens with one attached hydrogen (secondary N) is 2. The normalized spacial score (nSPS) is 13.8. The molecule has 0 aromatic heterocycles. The molecular formula is C17H28N2O2. The predicted octanol–water partition coefficient (Wildman–Crippen LogP) is 2.90. The Morgan fingerprint density at radius 1 is 1.14 bits per heavy atom. The van der Waals surface area contributed by atoms with Gasteiger partial charge in [-0.05, 0) is 44.4 Å². The smallest absolute Gasteiger partial charge is 0.236 e. The first-order valence-corrected chi connectivity index (χ1v) is 7.70. The maximum absolute atomic E-state index is 12.0. The number of hydrogen-bond donors (Lipinski definition) is 2. The number of carbonyl (C=O) groups is 1. The van der Waals surface area contributed by atoms with Gasteiger partial charge in [-0.15, -0.1) is 0 Å². The van der Waals surface area contributed by atoms with Gasteiger partial charge in [-0.25, -0.2) is 0 Å². The molecule has 0 bridgehead atoms. The molecule has 0 saturated heterocycles. The summed E-state index contributed by atoms with van der Waals surface area (Å²) < 4.78 is 5.43. The molecule has 118 valence electrons. The van der Waals surface area contributed by atoms with E-state index in [4.69, 9.17) is 4.74 Å². The van der Waals surface area contributed by atoms with E-state index in [1.54, 1.807) is 0 Å². The van der Waals surface area contributed by atoms with Crippen LogP contribution in [0.3, 0.4) is 0 Å². The lowest BCUT2D eigenvalue weighted by Gasteiger charge is -2.20. The van der Waals surface area contributed by atoms with E-state index < -0.39 is 0 Å². The van der Waals surface area contributed by atoms with Gasteiger partial charge in [0.15, 0.2) is 0 Å². The van der Waals surface area contributed by atoms with Gasteiger partial charge in [0.2, 0.25) is 5.91 Å². The molecule has 1 aromatic carbocycles. The van der Waals surface area contributed by atoms with Crippen molar-refractivity contribution in [2.24, 2.45) is 5.92 Å². The zero-order valence-electron chi connectivity index (χ0n) is 13.8. The van der Waals surface area contributed by atoms with E-state index in [0.29, 0.717) is 19.1 Å². The maximum Gasteiger partial charge on any atom is 0.236 e. The third-order valence-corrected chi connectivity index (χ3v) is 3.27. The third kappa shape index (κ3) is 6.17. The molecule has 0 fully saturated rings. The van der Waals surface area contributed by atoms with Crippen molar-refractivity contribution in [2.45, 2.75) is 46.7 Å². The summed E-state index contributed by atoms with van der Waals surface area (Å²) in [6.07, 6.45) is 0. The van der Waals surface area contributed by atoms with Crippen LogP contribution < -0.4 is 15.4 Å². The summed E-state index contributed by atoms with van der Waals surface area (Å²) in [7, 11) is 0. The first-order valence-electron chi connectivity index (χ1n) is 7.70. The molecule has 4 heteroatoms. The predicted molar refractivity (Wildman–Crippen MR) is 86.5 cm³/mol. The molecule has 21 heavy (non-hydrogen) atoms. The molecule has 1 aromatic rings. The van der Waals surface area contributed by atoms with Crippen LogP contribution in [0, 0.1) is 5.92 Å². The Morgan fingerprint density at radius 2 is 1.76 bits per heavy atom. The first kappa shape index (κ1) is 17.5. The molecule has 2 atom stereocenters. The standard InChI is InChI=1S/C17H28N2O2/c1-6-21-16-9-7-15(8-10-16)13(4)19-14(5)17(20)18-11-12(2)3/h7-10,12-14,19H,6,11H2,1-5H3,(H,18,20). The molecule has 0 saturated carbocycles. The molecule has 0 aliphatic carbocycles. The highest BCUT2D eigenvalue weighted by molar-refractivity contribution is 5.81. The molecule has 0 aliphatic rings. The van der Waals surface area contributed by atoms with Crippen molar-refractivity contribution in [3.8, 4) is 5.75 Å². The summed E-state index contributed by atoms with van der Waals surface area (Å²) >= 11 is 0. The summed E-state index contributed by atoms with van der Waals surface area (Å²) in [5.74, 6) is 1.38. The summed E-state index contributed by atoms with van der Waals surface area (Å²) in [6.45, 7) is 11.5. The highest BCUT2D eigenvalue weighted by Gasteiger charge is 2.16. The van der Waals surface area contributed by atoms with E-state index in [9.17, 15) is 4.79 Å². The van der Waals surface area contributed by atoms with Gasteiger partial charge < -0.3 is 10.1 Å². The fourth-order valence-corrected chi connectivity index (χ4v) is 2.02. The summed E-state index contributed by atoms with van der Waals surface area (Å²) in [4.78, 5) is 12.0. The zero-order chi connectivity index (χ0) is 15.8. The van der Waals surface area contributed by atoms with Crippen LogP contribution in [0.2, 0.25) is 0 Å². The Labute approximate surface area is 128 Å². The molecular weight excluding hydrogens is 264 g/mol. The van der Waals surface area contributed by atoms with E-state index in [1.807, 2.05) is 38.1 Å². The van der Waals surface area contributed by atoms with Crippen molar-refractivity contribution in [1.29, 1.82) is 0 Å². The number of ether oxygens (including phenoxy) is 1. The summed E-state index contributed by atoms with van der Waals surface area (Å²) in [5.41, 5.74) is 1.14. The van der Waals surface area contributed by atoms with Gasteiger partial charge in [0.1, 0.15) is 5.75 Å². The maximum atomic E-state index is 12.0. The molecule has 0 radical (unpaired) electrons. The second-order valence-electron chi connectivity index (χ2n) is 5.75. The molecule has 2 unspecified atom stereocenters. The average molecular weight is 292 g/mol. The molecule has 0 aliphatic heterocycles. The van der Waals surface area contributed by atoms with Crippen molar-refractivity contribution in [3.05, 3.63) is 29.8 Å². The van der Waals surface area contributed by atoms with Crippen LogP contribution in [0.25, 0.3) is 0 Å². The minimum atomic E-state index is -0.217. The number of benzene rings is 1. The number of carbonyl (C=O) groups excluding carboxylic acids is 1. The quantitative estimate of drug-likeness (QED) is 0.774. The van der Waals surface area contributed by atoms with Crippen LogP contribution in [0.15, 0.2) is 24.3 Å². The lowest BCUT2D eigenvalue weighted by atomic mass is 10.1. The van der Waals surface area contributed by atoms with Crippen LogP contribution in [-0.4, -0.2) is 25.1 Å². The minimum Gasteiger partial charge on any atom is -0.494 e. The van der Waals surface area contributed by atoms with E-state index in [2.05, 4.69) is 31.4 Å². The number of rotatable bonds is 8. The van der Waals surface area contributed by atoms with E-state index >= 15 is 0 Å². The van der Waals surface area contributed by atoms with Crippen LogP contribution in [0.4, 0.5) is 0 Å². The third-order valence-electron chi connectivity index (χ3n) is 3.27. The SMILES string of the molecule is CCOc1ccc(C(C)NC(C)C(=O)NCC(C)C)cc1. The number of hydrogen-bond acceptors (Lipinski definition) is 3. The van der Waals surface area contributed by atoms with Crippen molar-refractivity contribution in [2.75, 3.05) is 13.2 Å². The largest absolute Gasteiger partial charge is 0.494 e. The number of amides is 1. The highest BCUT2D eigenvalue weighted by Crippen LogP contribution is 2.18. The first-order chi connectivity index (χ1) is 9.93. The Bertz CT molecular complexity index is 429. The van der Waals surface area contributed by atoms with Crippen molar-refractivity contribution < 1.29 is 9.53 Å². The summed E-state index contributed by atoms with van der Waals surface area (Å²) in [5, 5.41) is 6.26. The lowest BCUT2D eigenvalue weighted by Crippen LogP contribution is -2.44. The molecule has 0 spiro atoms. The Balaban J connectivity index is 2.51. The Morgan fingerprint density at radius 3 is 2.29 bits per heavy atom. The molecule has 0 heterocycles. The second kappa shape index (κ2) is 8.67. The summed E-state index contributed by atoms with van der Waals surface area (Å²) in [6, 6.07) is 7.87. The van der Waals surface area contributed by atoms with Crippen LogP contribution in [-0.2, 0) is 4.79 Å². The van der Waals surface area contributed by atoms with Gasteiger partial charge >= 0.3 is 0 Å². The van der Waals surface area contributed by atoms with E-state index in [0.717, 1.165) is 11.3 Å². The minimum absolute atomic E-state index is 0.0430. The lowest BCUT2D eigenvalue weighted by molar-refractivity contribution is -0.123. The van der Waals surface area contributed by atoms with Gasteiger partial charge in [-0.2, -0.15) is 0 Å². The highest BCUT2D eigenvalue weighted by atomic mass is 16.5. The topological polar surface area (TPSA) is 50.4 Å². The van der Waals surface area contributed by atoms with Gasteiger partial charge in [0, 0.05) is 12.6 Å². The van der Waals surface area contributed by atoms with Crippen molar-refractivity contribution in [1.82, 2.24) is 10.6 Å². The van der Waals surface area contributed by atoms with Gasteiger partial charge in [-0.1, -0.05) is 26.0 Å². The molecule has 1 amide bonds. The average Bonchev–Trinajstić information content (AvgIpc) is 2.45. The van der Waals surface area contributed by atoms with Crippen LogP contribution >= 0.6 is 0 Å². The van der Waals surface area contributed by atoms with Crippen molar-refractivity contribution in [3.63, 3.8) is 0 Å². The Hall–Kier alpha value is -1.55. The Kier molecular flexibility index (Phi) is 7.23. The zero-order valence-corrected chi connectivity index (χ0v) is 13.8. The second-order valence-corrected chi connectivity index (χ2v) is 5.75. The van der Waals surface area contributed by atoms with Gasteiger partial charge in [-0.3, -0.25) is 10.1 Å². The molecule has 4 nitrogen and oxygen atoms in total. The molecule has 1 rings (SSSR count). The van der Waals surface area contributed by atoms with E-state index in [1.165, 1.54) is 0 Å². The van der Waals surface area contributed by atoms with E-state index in [-0.39, 0.29) is 18.0 Å². The fraction of sp³-hybridized carbons (Fsp3) is 0.588. The fourth-order valence-electron chi connectivity index (χ4n) is 2.02. The van der Waals surface area contributed by atoms with Crippen LogP contribution in [0.5, 0.6) is 5.75 Å². The van der Waals surface area contributed by atoms with Crippen molar-refractivity contribution >= 4 is 5.91 Å². The monoisotopic (exact) mass is 292 g/mol. The molecule has 2 N–H and O–H groups in total. The van der Waals surface area contributed by atoms with Gasteiger partial charge in [0.25, 0.3) is 0 Å².